The molecular weight excluding hydrogens is 184 g/mol. The summed E-state index contributed by atoms with van der Waals surface area (Å²) in [6, 6.07) is 0. The van der Waals surface area contributed by atoms with E-state index in [-0.39, 0.29) is 0 Å². The van der Waals surface area contributed by atoms with Crippen molar-refractivity contribution in [1.82, 2.24) is 10.2 Å². The number of piperidine rings is 1. The van der Waals surface area contributed by atoms with Gasteiger partial charge in [-0.05, 0) is 51.2 Å². The molecule has 1 aliphatic rings. The molecule has 0 aromatic heterocycles. The maximum Gasteiger partial charge on any atom is 0.0107 e. The van der Waals surface area contributed by atoms with E-state index in [1.54, 1.807) is 0 Å². The molecule has 0 bridgehead atoms. The molecule has 15 heavy (non-hydrogen) atoms. The highest BCUT2D eigenvalue weighted by molar-refractivity contribution is 4.65. The molecule has 2 nitrogen and oxygen atoms in total. The molecular formula is C13H28N2. The van der Waals surface area contributed by atoms with E-state index < -0.39 is 0 Å². The van der Waals surface area contributed by atoms with Gasteiger partial charge in [0.2, 0.25) is 0 Å². The number of nitrogens with one attached hydrogen (secondary N) is 1. The maximum atomic E-state index is 3.55. The summed E-state index contributed by atoms with van der Waals surface area (Å²) in [5, 5.41) is 3.55. The minimum Gasteiger partial charge on any atom is -0.315 e. The van der Waals surface area contributed by atoms with E-state index in [1.165, 1.54) is 64.8 Å². The van der Waals surface area contributed by atoms with Crippen LogP contribution in [0.2, 0.25) is 0 Å². The Kier molecular flexibility index (Phi) is 7.03. The summed E-state index contributed by atoms with van der Waals surface area (Å²) in [7, 11) is 0. The van der Waals surface area contributed by atoms with Gasteiger partial charge >= 0.3 is 0 Å². The monoisotopic (exact) mass is 212 g/mol. The van der Waals surface area contributed by atoms with E-state index in [4.69, 9.17) is 0 Å². The Morgan fingerprint density at radius 3 is 2.47 bits per heavy atom. The van der Waals surface area contributed by atoms with Crippen LogP contribution in [0.3, 0.4) is 0 Å². The predicted octanol–water partition coefficient (Wildman–Crippen LogP) is 2.50. The Morgan fingerprint density at radius 2 is 1.80 bits per heavy atom. The number of nitrogens with zero attached hydrogens (tertiary/aromatic N) is 1. The maximum absolute atomic E-state index is 3.55. The lowest BCUT2D eigenvalue weighted by atomic mass is 10.1. The zero-order valence-corrected chi connectivity index (χ0v) is 10.6. The number of hydrogen-bond donors (Lipinski definition) is 1. The van der Waals surface area contributed by atoms with Gasteiger partial charge in [-0.15, -0.1) is 0 Å². The highest BCUT2D eigenvalue weighted by Gasteiger charge is 2.08. The van der Waals surface area contributed by atoms with Gasteiger partial charge in [0.25, 0.3) is 0 Å². The second-order valence-corrected chi connectivity index (χ2v) is 5.19. The average molecular weight is 212 g/mol. The third-order valence-corrected chi connectivity index (χ3v) is 3.19. The first-order valence-corrected chi connectivity index (χ1v) is 6.72. The van der Waals surface area contributed by atoms with E-state index in [1.807, 2.05) is 0 Å². The van der Waals surface area contributed by atoms with Gasteiger partial charge in [0.15, 0.2) is 0 Å². The molecule has 1 saturated heterocycles. The minimum atomic E-state index is 0.855. The van der Waals surface area contributed by atoms with Crippen LogP contribution in [0, 0.1) is 5.92 Å². The van der Waals surface area contributed by atoms with Crippen molar-refractivity contribution in [2.75, 3.05) is 32.7 Å². The number of hydrogen-bond acceptors (Lipinski definition) is 2. The Balaban J connectivity index is 1.83. The molecule has 1 N–H and O–H groups in total. The minimum absolute atomic E-state index is 0.855. The molecule has 0 atom stereocenters. The van der Waals surface area contributed by atoms with Crippen molar-refractivity contribution in [1.29, 1.82) is 0 Å². The van der Waals surface area contributed by atoms with Crippen LogP contribution >= 0.6 is 0 Å². The standard InChI is InChI=1S/C13H28N2/c1-13(2)7-6-8-14-9-12-15-10-4-3-5-11-15/h13-14H,3-12H2,1-2H3. The fourth-order valence-corrected chi connectivity index (χ4v) is 2.18. The van der Waals surface area contributed by atoms with Gasteiger partial charge in [0.05, 0.1) is 0 Å². The zero-order chi connectivity index (χ0) is 10.9. The molecule has 90 valence electrons. The molecule has 0 spiro atoms. The van der Waals surface area contributed by atoms with Crippen molar-refractivity contribution in [2.24, 2.45) is 5.92 Å². The van der Waals surface area contributed by atoms with Gasteiger partial charge in [-0.3, -0.25) is 0 Å². The van der Waals surface area contributed by atoms with Gasteiger partial charge in [-0.1, -0.05) is 20.3 Å². The zero-order valence-electron chi connectivity index (χ0n) is 10.6. The summed E-state index contributed by atoms with van der Waals surface area (Å²) >= 11 is 0. The number of rotatable bonds is 7. The number of likely N-dealkylation sites (tertiary alicyclic amines) is 1. The summed E-state index contributed by atoms with van der Waals surface area (Å²) in [5.41, 5.74) is 0. The van der Waals surface area contributed by atoms with Crippen molar-refractivity contribution in [2.45, 2.75) is 46.0 Å². The van der Waals surface area contributed by atoms with Crippen molar-refractivity contribution < 1.29 is 0 Å². The predicted molar refractivity (Wildman–Crippen MR) is 67.2 cm³/mol. The molecule has 0 radical (unpaired) electrons. The lowest BCUT2D eigenvalue weighted by Crippen LogP contribution is -2.36. The van der Waals surface area contributed by atoms with Crippen molar-refractivity contribution >= 4 is 0 Å². The van der Waals surface area contributed by atoms with Crippen LogP contribution in [-0.4, -0.2) is 37.6 Å². The normalized spacial score (nSPS) is 18.6. The molecule has 2 heteroatoms. The molecule has 1 fully saturated rings. The van der Waals surface area contributed by atoms with E-state index in [0.717, 1.165) is 5.92 Å². The van der Waals surface area contributed by atoms with Gasteiger partial charge in [0.1, 0.15) is 0 Å². The second kappa shape index (κ2) is 8.12. The lowest BCUT2D eigenvalue weighted by molar-refractivity contribution is 0.229. The SMILES string of the molecule is CC(C)CCCNCCN1CCCCC1. The van der Waals surface area contributed by atoms with Crippen LogP contribution in [0.1, 0.15) is 46.0 Å². The third kappa shape index (κ3) is 6.91. The summed E-state index contributed by atoms with van der Waals surface area (Å²) in [5.74, 6) is 0.855. The van der Waals surface area contributed by atoms with Gasteiger partial charge in [0, 0.05) is 13.1 Å². The van der Waals surface area contributed by atoms with Gasteiger partial charge in [-0.25, -0.2) is 0 Å². The van der Waals surface area contributed by atoms with Crippen LogP contribution in [0.5, 0.6) is 0 Å². The van der Waals surface area contributed by atoms with Crippen LogP contribution in [0.25, 0.3) is 0 Å². The molecule has 1 heterocycles. The van der Waals surface area contributed by atoms with Gasteiger partial charge < -0.3 is 10.2 Å². The average Bonchev–Trinajstić information content (AvgIpc) is 2.24. The molecule has 1 aliphatic heterocycles. The van der Waals surface area contributed by atoms with Crippen LogP contribution in [0.15, 0.2) is 0 Å². The second-order valence-electron chi connectivity index (χ2n) is 5.19. The Morgan fingerprint density at radius 1 is 1.07 bits per heavy atom. The van der Waals surface area contributed by atoms with Crippen LogP contribution < -0.4 is 5.32 Å². The van der Waals surface area contributed by atoms with E-state index in [2.05, 4.69) is 24.1 Å². The third-order valence-electron chi connectivity index (χ3n) is 3.19. The van der Waals surface area contributed by atoms with E-state index in [0.29, 0.717) is 0 Å². The quantitative estimate of drug-likeness (QED) is 0.652. The molecule has 0 aromatic rings. The first-order valence-electron chi connectivity index (χ1n) is 6.72. The van der Waals surface area contributed by atoms with Crippen LogP contribution in [0.4, 0.5) is 0 Å². The Labute approximate surface area is 95.4 Å². The molecule has 0 unspecified atom stereocenters. The van der Waals surface area contributed by atoms with Crippen molar-refractivity contribution in [3.8, 4) is 0 Å². The highest BCUT2D eigenvalue weighted by Crippen LogP contribution is 2.07. The van der Waals surface area contributed by atoms with Crippen molar-refractivity contribution in [3.63, 3.8) is 0 Å². The Hall–Kier alpha value is -0.0800. The van der Waals surface area contributed by atoms with E-state index >= 15 is 0 Å². The molecule has 1 rings (SSSR count). The largest absolute Gasteiger partial charge is 0.315 e. The summed E-state index contributed by atoms with van der Waals surface area (Å²) in [4.78, 5) is 2.60. The smallest absolute Gasteiger partial charge is 0.0107 e. The first kappa shape index (κ1) is 13.0. The van der Waals surface area contributed by atoms with Crippen molar-refractivity contribution in [3.05, 3.63) is 0 Å². The lowest BCUT2D eigenvalue weighted by Gasteiger charge is -2.26. The Bertz CT molecular complexity index is 139. The molecule has 0 amide bonds. The first-order chi connectivity index (χ1) is 7.29. The molecule has 0 aromatic carbocycles. The van der Waals surface area contributed by atoms with E-state index in [9.17, 15) is 0 Å². The topological polar surface area (TPSA) is 15.3 Å². The summed E-state index contributed by atoms with van der Waals surface area (Å²) in [6.45, 7) is 10.9. The molecule has 0 aliphatic carbocycles. The fourth-order valence-electron chi connectivity index (χ4n) is 2.18. The fraction of sp³-hybridized carbons (Fsp3) is 1.00. The summed E-state index contributed by atoms with van der Waals surface area (Å²) < 4.78 is 0. The highest BCUT2D eigenvalue weighted by atomic mass is 15.1. The summed E-state index contributed by atoms with van der Waals surface area (Å²) in [6.07, 6.45) is 6.95. The van der Waals surface area contributed by atoms with Crippen LogP contribution in [-0.2, 0) is 0 Å². The molecule has 0 saturated carbocycles. The van der Waals surface area contributed by atoms with Gasteiger partial charge in [-0.2, -0.15) is 0 Å².